The van der Waals surface area contributed by atoms with Gasteiger partial charge in [0.2, 0.25) is 0 Å². The van der Waals surface area contributed by atoms with Gasteiger partial charge in [-0.15, -0.1) is 0 Å². The van der Waals surface area contributed by atoms with Gasteiger partial charge in [0.15, 0.2) is 0 Å². The monoisotopic (exact) mass is 353 g/mol. The van der Waals surface area contributed by atoms with Crippen LogP contribution in [-0.4, -0.2) is 18.3 Å². The molecule has 0 bridgehead atoms. The van der Waals surface area contributed by atoms with Crippen molar-refractivity contribution in [3.8, 4) is 11.5 Å². The van der Waals surface area contributed by atoms with Crippen molar-refractivity contribution in [1.29, 1.82) is 0 Å². The fourth-order valence-electron chi connectivity index (χ4n) is 3.54. The van der Waals surface area contributed by atoms with E-state index in [9.17, 15) is 14.9 Å². The standard InChI is InChI=1S/C19H15NO6/c1-10-9-14-16(19(21)25-10)17(18(26-14)20(22)23)15-12-6-4-3-5-11(12)7-8-13(15)24-2/h3-9,17-18H,1-2H3/t17-,18-/m0/s1. The van der Waals surface area contributed by atoms with Gasteiger partial charge >= 0.3 is 11.9 Å². The van der Waals surface area contributed by atoms with Gasteiger partial charge in [-0.05, 0) is 23.8 Å². The Morgan fingerprint density at radius 3 is 2.65 bits per heavy atom. The molecule has 2 heterocycles. The lowest BCUT2D eigenvalue weighted by Gasteiger charge is -2.18. The van der Waals surface area contributed by atoms with E-state index in [2.05, 4.69) is 0 Å². The van der Waals surface area contributed by atoms with Crippen LogP contribution >= 0.6 is 0 Å². The molecule has 132 valence electrons. The number of fused-ring (bicyclic) bond motifs is 2. The molecule has 0 saturated carbocycles. The minimum atomic E-state index is -1.44. The van der Waals surface area contributed by atoms with Crippen LogP contribution in [0.15, 0.2) is 51.7 Å². The second-order valence-electron chi connectivity index (χ2n) is 6.10. The summed E-state index contributed by atoms with van der Waals surface area (Å²) in [4.78, 5) is 23.7. The van der Waals surface area contributed by atoms with Crippen LogP contribution in [0.4, 0.5) is 0 Å². The van der Waals surface area contributed by atoms with E-state index >= 15 is 0 Å². The fourth-order valence-corrected chi connectivity index (χ4v) is 3.54. The number of rotatable bonds is 3. The minimum Gasteiger partial charge on any atom is -0.496 e. The molecule has 0 radical (unpaired) electrons. The SMILES string of the molecule is COc1ccc2ccccc2c1[C@H]1c2c(cc(C)oc2=O)O[C@@H]1[N+](=O)[O-]. The molecule has 0 saturated heterocycles. The molecule has 2 atom stereocenters. The van der Waals surface area contributed by atoms with Crippen LogP contribution in [-0.2, 0) is 0 Å². The molecular weight excluding hydrogens is 338 g/mol. The Balaban J connectivity index is 2.08. The second kappa shape index (κ2) is 5.87. The van der Waals surface area contributed by atoms with Crippen molar-refractivity contribution in [1.82, 2.24) is 0 Å². The van der Waals surface area contributed by atoms with Crippen molar-refractivity contribution in [2.45, 2.75) is 19.1 Å². The van der Waals surface area contributed by atoms with Gasteiger partial charge in [-0.2, -0.15) is 0 Å². The van der Waals surface area contributed by atoms with Gasteiger partial charge in [0, 0.05) is 11.6 Å². The van der Waals surface area contributed by atoms with Crippen molar-refractivity contribution in [3.63, 3.8) is 0 Å². The molecule has 1 aliphatic rings. The third-order valence-corrected chi connectivity index (χ3v) is 4.59. The van der Waals surface area contributed by atoms with Gasteiger partial charge in [0.05, 0.1) is 17.6 Å². The highest BCUT2D eigenvalue weighted by Gasteiger charge is 2.48. The quantitative estimate of drug-likeness (QED) is 0.530. The van der Waals surface area contributed by atoms with Crippen LogP contribution in [0.5, 0.6) is 11.5 Å². The lowest BCUT2D eigenvalue weighted by molar-refractivity contribution is -0.562. The molecule has 1 aliphatic heterocycles. The fraction of sp³-hybridized carbons (Fsp3) is 0.211. The summed E-state index contributed by atoms with van der Waals surface area (Å²) in [7, 11) is 1.49. The van der Waals surface area contributed by atoms with Gasteiger partial charge in [-0.25, -0.2) is 4.79 Å². The molecule has 3 aromatic rings. The molecule has 26 heavy (non-hydrogen) atoms. The summed E-state index contributed by atoms with van der Waals surface area (Å²) in [6.07, 6.45) is -1.44. The molecule has 0 spiro atoms. The van der Waals surface area contributed by atoms with Gasteiger partial charge in [-0.3, -0.25) is 10.1 Å². The Morgan fingerprint density at radius 1 is 1.15 bits per heavy atom. The number of hydrogen-bond donors (Lipinski definition) is 0. The lowest BCUT2D eigenvalue weighted by atomic mass is 9.87. The Labute approximate surface area is 147 Å². The van der Waals surface area contributed by atoms with Crippen LogP contribution in [0.25, 0.3) is 10.8 Å². The molecule has 0 amide bonds. The highest BCUT2D eigenvalue weighted by molar-refractivity contribution is 5.89. The highest BCUT2D eigenvalue weighted by atomic mass is 16.7. The Kier molecular flexibility index (Phi) is 3.64. The molecule has 4 rings (SSSR count). The zero-order chi connectivity index (χ0) is 18.4. The van der Waals surface area contributed by atoms with E-state index in [0.717, 1.165) is 10.8 Å². The Morgan fingerprint density at radius 2 is 1.92 bits per heavy atom. The topological polar surface area (TPSA) is 91.8 Å². The number of hydrogen-bond acceptors (Lipinski definition) is 6. The molecule has 0 N–H and O–H groups in total. The van der Waals surface area contributed by atoms with E-state index in [0.29, 0.717) is 17.1 Å². The predicted molar refractivity (Wildman–Crippen MR) is 93.5 cm³/mol. The summed E-state index contributed by atoms with van der Waals surface area (Å²) in [5, 5.41) is 13.3. The van der Waals surface area contributed by atoms with Crippen molar-refractivity contribution in [2.75, 3.05) is 7.11 Å². The maximum atomic E-state index is 12.5. The molecule has 0 aliphatic carbocycles. The van der Waals surface area contributed by atoms with Gasteiger partial charge in [0.25, 0.3) is 0 Å². The predicted octanol–water partition coefficient (Wildman–Crippen LogP) is 3.24. The Bertz CT molecular complexity index is 1090. The first-order valence-corrected chi connectivity index (χ1v) is 8.01. The lowest BCUT2D eigenvalue weighted by Crippen LogP contribution is -2.30. The van der Waals surface area contributed by atoms with Crippen molar-refractivity contribution in [2.24, 2.45) is 0 Å². The van der Waals surface area contributed by atoms with Crippen LogP contribution < -0.4 is 15.1 Å². The first kappa shape index (κ1) is 16.1. The number of nitrogens with zero attached hydrogens (tertiary/aromatic N) is 1. The van der Waals surface area contributed by atoms with Crippen molar-refractivity contribution >= 4 is 10.8 Å². The average Bonchev–Trinajstić information content (AvgIpc) is 3.00. The summed E-state index contributed by atoms with van der Waals surface area (Å²) < 4.78 is 16.2. The van der Waals surface area contributed by atoms with Gasteiger partial charge in [0.1, 0.15) is 23.2 Å². The summed E-state index contributed by atoms with van der Waals surface area (Å²) in [6.45, 7) is 1.60. The summed E-state index contributed by atoms with van der Waals surface area (Å²) >= 11 is 0. The molecule has 7 nitrogen and oxygen atoms in total. The van der Waals surface area contributed by atoms with Gasteiger partial charge < -0.3 is 13.9 Å². The van der Waals surface area contributed by atoms with Crippen molar-refractivity contribution < 1.29 is 18.8 Å². The first-order valence-electron chi connectivity index (χ1n) is 8.01. The normalized spacial score (nSPS) is 18.4. The zero-order valence-corrected chi connectivity index (χ0v) is 14.1. The molecule has 7 heteroatoms. The molecule has 2 aromatic carbocycles. The summed E-state index contributed by atoms with van der Waals surface area (Å²) in [5.41, 5.74) is 0.0542. The van der Waals surface area contributed by atoms with E-state index in [1.165, 1.54) is 13.2 Å². The number of benzene rings is 2. The number of ether oxygens (including phenoxy) is 2. The zero-order valence-electron chi connectivity index (χ0n) is 14.1. The average molecular weight is 353 g/mol. The van der Waals surface area contributed by atoms with Crippen LogP contribution in [0, 0.1) is 17.0 Å². The van der Waals surface area contributed by atoms with Crippen molar-refractivity contribution in [3.05, 3.63) is 79.9 Å². The van der Waals surface area contributed by atoms with E-state index in [1.54, 1.807) is 13.0 Å². The first-order chi connectivity index (χ1) is 12.5. The summed E-state index contributed by atoms with van der Waals surface area (Å²) in [5.74, 6) is 0.0386. The van der Waals surface area contributed by atoms with Gasteiger partial charge in [-0.1, -0.05) is 30.3 Å². The van der Waals surface area contributed by atoms with E-state index in [4.69, 9.17) is 13.9 Å². The number of methoxy groups -OCH3 is 1. The number of nitro groups is 1. The van der Waals surface area contributed by atoms with E-state index < -0.39 is 22.7 Å². The summed E-state index contributed by atoms with van der Waals surface area (Å²) in [6, 6.07) is 12.6. The van der Waals surface area contributed by atoms with E-state index in [-0.39, 0.29) is 11.3 Å². The third kappa shape index (κ3) is 2.32. The third-order valence-electron chi connectivity index (χ3n) is 4.59. The highest BCUT2D eigenvalue weighted by Crippen LogP contribution is 2.46. The largest absolute Gasteiger partial charge is 0.496 e. The maximum absolute atomic E-state index is 12.5. The molecule has 1 aromatic heterocycles. The molecule has 0 unspecified atom stereocenters. The van der Waals surface area contributed by atoms with Crippen LogP contribution in [0.3, 0.4) is 0 Å². The Hall–Kier alpha value is -3.35. The molecular formula is C19H15NO6. The van der Waals surface area contributed by atoms with E-state index in [1.807, 2.05) is 30.3 Å². The minimum absolute atomic E-state index is 0.145. The maximum Gasteiger partial charge on any atom is 0.365 e. The molecule has 0 fully saturated rings. The second-order valence-corrected chi connectivity index (χ2v) is 6.10. The smallest absolute Gasteiger partial charge is 0.365 e. The number of aryl methyl sites for hydroxylation is 1. The van der Waals surface area contributed by atoms with Crippen LogP contribution in [0.2, 0.25) is 0 Å². The van der Waals surface area contributed by atoms with Crippen LogP contribution in [0.1, 0.15) is 22.8 Å².